The van der Waals surface area contributed by atoms with Crippen LogP contribution in [0.25, 0.3) is 23.1 Å². The van der Waals surface area contributed by atoms with Crippen molar-refractivity contribution in [3.05, 3.63) is 77.5 Å². The Balaban J connectivity index is 2.00. The molecule has 0 aliphatic carbocycles. The molecule has 0 unspecified atom stereocenters. The van der Waals surface area contributed by atoms with E-state index in [2.05, 4.69) is 60.5 Å². The van der Waals surface area contributed by atoms with Gasteiger partial charge in [0.1, 0.15) is 0 Å². The van der Waals surface area contributed by atoms with Gasteiger partial charge in [-0.1, -0.05) is 54.6 Å². The summed E-state index contributed by atoms with van der Waals surface area (Å²) in [5, 5.41) is 1.22. The molecule has 0 N–H and O–H groups in total. The molecule has 0 bridgehead atoms. The summed E-state index contributed by atoms with van der Waals surface area (Å²) >= 11 is 0. The Kier molecular flexibility index (Phi) is 3.11. The van der Waals surface area contributed by atoms with Crippen LogP contribution in [-0.4, -0.2) is 4.98 Å². The van der Waals surface area contributed by atoms with E-state index in [4.69, 9.17) is 0 Å². The zero-order valence-corrected chi connectivity index (χ0v) is 10.9. The minimum Gasteiger partial charge on any atom is -0.248 e. The topological polar surface area (TPSA) is 12.9 Å². The summed E-state index contributed by atoms with van der Waals surface area (Å²) in [5.74, 6) is 0. The summed E-state index contributed by atoms with van der Waals surface area (Å²) in [6, 6.07) is 20.7. The number of aromatic nitrogens is 1. The van der Waals surface area contributed by atoms with Crippen LogP contribution in [0.15, 0.2) is 60.7 Å². The molecule has 0 radical (unpaired) electrons. The van der Waals surface area contributed by atoms with Crippen LogP contribution in [0.3, 0.4) is 0 Å². The second kappa shape index (κ2) is 5.07. The lowest BCUT2D eigenvalue weighted by molar-refractivity contribution is 1.34. The number of benzene rings is 2. The number of rotatable bonds is 2. The molecule has 0 fully saturated rings. The minimum atomic E-state index is 1.00. The first-order valence-corrected chi connectivity index (χ1v) is 6.42. The smallest absolute Gasteiger partial charge is 0.0711 e. The molecule has 0 amide bonds. The Morgan fingerprint density at radius 3 is 2.42 bits per heavy atom. The summed E-state index contributed by atoms with van der Waals surface area (Å²) in [6.45, 7) is 2.13. The molecule has 92 valence electrons. The molecule has 0 saturated heterocycles. The highest BCUT2D eigenvalue weighted by Crippen LogP contribution is 2.18. The summed E-state index contributed by atoms with van der Waals surface area (Å²) in [6.07, 6.45) is 4.16. The van der Waals surface area contributed by atoms with E-state index in [1.54, 1.807) is 0 Å². The largest absolute Gasteiger partial charge is 0.248 e. The maximum atomic E-state index is 4.66. The number of pyridine rings is 1. The van der Waals surface area contributed by atoms with Crippen LogP contribution in [0.5, 0.6) is 0 Å². The highest BCUT2D eigenvalue weighted by molar-refractivity contribution is 5.84. The van der Waals surface area contributed by atoms with Crippen molar-refractivity contribution in [3.63, 3.8) is 0 Å². The summed E-state index contributed by atoms with van der Waals surface area (Å²) < 4.78 is 0. The molecule has 1 nitrogen and oxygen atoms in total. The van der Waals surface area contributed by atoms with Gasteiger partial charge in [0.25, 0.3) is 0 Å². The lowest BCUT2D eigenvalue weighted by atomic mass is 10.1. The first-order valence-electron chi connectivity index (χ1n) is 6.42. The van der Waals surface area contributed by atoms with E-state index in [1.807, 2.05) is 24.3 Å². The fourth-order valence-electron chi connectivity index (χ4n) is 2.21. The first kappa shape index (κ1) is 11.7. The van der Waals surface area contributed by atoms with Gasteiger partial charge < -0.3 is 0 Å². The molecular formula is C18H15N. The third kappa shape index (κ3) is 2.55. The van der Waals surface area contributed by atoms with Gasteiger partial charge in [-0.2, -0.15) is 0 Å². The molecule has 1 heteroatoms. The molecule has 0 aliphatic heterocycles. The standard InChI is InChI=1S/C18H15N/c1-14-13-16(12-11-15-7-3-2-4-8-15)19-18-10-6-5-9-17(14)18/h2-13H,1H3/b12-11-. The lowest BCUT2D eigenvalue weighted by Crippen LogP contribution is -1.86. The zero-order chi connectivity index (χ0) is 13.1. The van der Waals surface area contributed by atoms with E-state index in [-0.39, 0.29) is 0 Å². The molecule has 19 heavy (non-hydrogen) atoms. The van der Waals surface area contributed by atoms with Gasteiger partial charge >= 0.3 is 0 Å². The predicted molar refractivity (Wildman–Crippen MR) is 81.9 cm³/mol. The highest BCUT2D eigenvalue weighted by Gasteiger charge is 1.99. The second-order valence-corrected chi connectivity index (χ2v) is 4.63. The number of fused-ring (bicyclic) bond motifs is 1. The van der Waals surface area contributed by atoms with E-state index in [0.29, 0.717) is 0 Å². The quantitative estimate of drug-likeness (QED) is 0.637. The fourth-order valence-corrected chi connectivity index (χ4v) is 2.21. The number of aryl methyl sites for hydroxylation is 1. The van der Waals surface area contributed by atoms with Crippen LogP contribution in [0.4, 0.5) is 0 Å². The van der Waals surface area contributed by atoms with Crippen LogP contribution >= 0.6 is 0 Å². The first-order chi connectivity index (χ1) is 9.33. The minimum absolute atomic E-state index is 1.00. The van der Waals surface area contributed by atoms with E-state index >= 15 is 0 Å². The Bertz CT molecular complexity index is 727. The number of nitrogens with zero attached hydrogens (tertiary/aromatic N) is 1. The van der Waals surface area contributed by atoms with Gasteiger partial charge in [-0.25, -0.2) is 4.98 Å². The van der Waals surface area contributed by atoms with Crippen molar-refractivity contribution >= 4 is 23.1 Å². The van der Waals surface area contributed by atoms with Crippen LogP contribution in [0, 0.1) is 6.92 Å². The summed E-state index contributed by atoms with van der Waals surface area (Å²) in [5.41, 5.74) is 4.50. The molecule has 0 spiro atoms. The lowest BCUT2D eigenvalue weighted by Gasteiger charge is -2.03. The number of hydrogen-bond donors (Lipinski definition) is 0. The van der Waals surface area contributed by atoms with Crippen LogP contribution < -0.4 is 0 Å². The Hall–Kier alpha value is -2.41. The maximum Gasteiger partial charge on any atom is 0.0711 e. The van der Waals surface area contributed by atoms with Gasteiger partial charge in [0, 0.05) is 5.39 Å². The van der Waals surface area contributed by atoms with Crippen molar-refractivity contribution in [2.75, 3.05) is 0 Å². The third-order valence-corrected chi connectivity index (χ3v) is 3.19. The molecular weight excluding hydrogens is 230 g/mol. The average molecular weight is 245 g/mol. The maximum absolute atomic E-state index is 4.66. The zero-order valence-electron chi connectivity index (χ0n) is 10.9. The molecule has 3 aromatic rings. The van der Waals surface area contributed by atoms with Gasteiger partial charge in [0.2, 0.25) is 0 Å². The Labute approximate surface area is 113 Å². The summed E-state index contributed by atoms with van der Waals surface area (Å²) in [4.78, 5) is 4.66. The van der Waals surface area contributed by atoms with Crippen molar-refractivity contribution < 1.29 is 0 Å². The molecule has 0 saturated carbocycles. The van der Waals surface area contributed by atoms with Gasteiger partial charge in [-0.3, -0.25) is 0 Å². The number of para-hydroxylation sites is 1. The molecule has 2 aromatic carbocycles. The van der Waals surface area contributed by atoms with E-state index < -0.39 is 0 Å². The predicted octanol–water partition coefficient (Wildman–Crippen LogP) is 4.71. The molecule has 1 heterocycles. The Morgan fingerprint density at radius 2 is 1.58 bits per heavy atom. The van der Waals surface area contributed by atoms with E-state index in [9.17, 15) is 0 Å². The van der Waals surface area contributed by atoms with Gasteiger partial charge in [0.15, 0.2) is 0 Å². The SMILES string of the molecule is Cc1cc(/C=C\c2ccccc2)nc2ccccc12. The molecule has 0 atom stereocenters. The van der Waals surface area contributed by atoms with Gasteiger partial charge in [-0.15, -0.1) is 0 Å². The molecule has 1 aromatic heterocycles. The van der Waals surface area contributed by atoms with Crippen LogP contribution in [0.2, 0.25) is 0 Å². The van der Waals surface area contributed by atoms with Crippen molar-refractivity contribution in [2.45, 2.75) is 6.92 Å². The van der Waals surface area contributed by atoms with Crippen molar-refractivity contribution in [2.24, 2.45) is 0 Å². The second-order valence-electron chi connectivity index (χ2n) is 4.63. The fraction of sp³-hybridized carbons (Fsp3) is 0.0556. The summed E-state index contributed by atoms with van der Waals surface area (Å²) in [7, 11) is 0. The molecule has 0 aliphatic rings. The average Bonchev–Trinajstić information content (AvgIpc) is 2.46. The monoisotopic (exact) mass is 245 g/mol. The van der Waals surface area contributed by atoms with Crippen molar-refractivity contribution in [1.29, 1.82) is 0 Å². The van der Waals surface area contributed by atoms with Gasteiger partial charge in [-0.05, 0) is 36.3 Å². The number of hydrogen-bond acceptors (Lipinski definition) is 1. The van der Waals surface area contributed by atoms with Crippen LogP contribution in [0.1, 0.15) is 16.8 Å². The van der Waals surface area contributed by atoms with Crippen molar-refractivity contribution in [3.8, 4) is 0 Å². The molecule has 3 rings (SSSR count). The third-order valence-electron chi connectivity index (χ3n) is 3.19. The van der Waals surface area contributed by atoms with Crippen LogP contribution in [-0.2, 0) is 0 Å². The van der Waals surface area contributed by atoms with Gasteiger partial charge in [0.05, 0.1) is 11.2 Å². The normalized spacial score (nSPS) is 11.2. The van der Waals surface area contributed by atoms with E-state index in [1.165, 1.54) is 16.5 Å². The highest BCUT2D eigenvalue weighted by atomic mass is 14.7. The Morgan fingerprint density at radius 1 is 0.842 bits per heavy atom. The van der Waals surface area contributed by atoms with Crippen molar-refractivity contribution in [1.82, 2.24) is 4.98 Å². The van der Waals surface area contributed by atoms with E-state index in [0.717, 1.165) is 11.2 Å².